The zero-order chi connectivity index (χ0) is 31.7. The molecule has 0 spiro atoms. The highest BCUT2D eigenvalue weighted by Gasteiger charge is 2.25. The summed E-state index contributed by atoms with van der Waals surface area (Å²) < 4.78 is 4.67. The average molecular weight is 613 g/mol. The fourth-order valence-electron chi connectivity index (χ4n) is 6.88. The molecule has 4 heterocycles. The van der Waals surface area contributed by atoms with Crippen molar-refractivity contribution < 1.29 is 0 Å². The van der Waals surface area contributed by atoms with Crippen LogP contribution in [0.15, 0.2) is 122 Å². The summed E-state index contributed by atoms with van der Waals surface area (Å²) in [4.78, 5) is 19.8. The zero-order valence-electron chi connectivity index (χ0n) is 26.8. The lowest BCUT2D eigenvalue weighted by Gasteiger charge is -2.16. The minimum Gasteiger partial charge on any atom is -0.309 e. The quantitative estimate of drug-likeness (QED) is 0.198. The van der Waals surface area contributed by atoms with E-state index in [2.05, 4.69) is 101 Å². The van der Waals surface area contributed by atoms with Crippen molar-refractivity contribution >= 4 is 32.7 Å². The molecule has 0 amide bonds. The Kier molecular flexibility index (Phi) is 7.54. The van der Waals surface area contributed by atoms with Crippen molar-refractivity contribution in [3.8, 4) is 34.4 Å². The van der Waals surface area contributed by atoms with E-state index >= 15 is 0 Å². The third-order valence-electron chi connectivity index (χ3n) is 8.86. The molecule has 8 aromatic rings. The normalized spacial score (nSPS) is 12.6. The summed E-state index contributed by atoms with van der Waals surface area (Å²) in [6, 6.07) is 37.8. The Morgan fingerprint density at radius 2 is 1.15 bits per heavy atom. The second-order valence-electron chi connectivity index (χ2n) is 12.1. The molecule has 6 heteroatoms. The molecule has 230 valence electrons. The molecule has 0 N–H and O–H groups in total. The van der Waals surface area contributed by atoms with Crippen LogP contribution >= 0.6 is 0 Å². The summed E-state index contributed by atoms with van der Waals surface area (Å²) in [5.41, 5.74) is 9.25. The highest BCUT2D eigenvalue weighted by atomic mass is 15.2. The summed E-state index contributed by atoms with van der Waals surface area (Å²) in [6.45, 7) is 4.25. The number of rotatable bonds is 4. The highest BCUT2D eigenvalue weighted by Crippen LogP contribution is 2.40. The maximum Gasteiger partial charge on any atom is 0.238 e. The Morgan fingerprint density at radius 1 is 0.574 bits per heavy atom. The van der Waals surface area contributed by atoms with Crippen molar-refractivity contribution in [2.45, 2.75) is 46.0 Å². The van der Waals surface area contributed by atoms with Crippen LogP contribution in [-0.2, 0) is 12.8 Å². The van der Waals surface area contributed by atoms with Crippen LogP contribution in [0.4, 0.5) is 0 Å². The molecule has 9 rings (SSSR count). The number of aromatic nitrogens is 6. The first-order chi connectivity index (χ1) is 23.2. The van der Waals surface area contributed by atoms with Gasteiger partial charge < -0.3 is 4.57 Å². The molecular weight excluding hydrogens is 576 g/mol. The number of para-hydroxylation sites is 1. The number of hydrogen-bond acceptors (Lipinski definition) is 4. The largest absolute Gasteiger partial charge is 0.309 e. The third-order valence-corrected chi connectivity index (χ3v) is 8.86. The summed E-state index contributed by atoms with van der Waals surface area (Å²) in [7, 11) is 0. The number of hydrogen-bond donors (Lipinski definition) is 0. The summed E-state index contributed by atoms with van der Waals surface area (Å²) in [5, 5.41) is 3.56. The fraction of sp³-hybridized carbons (Fsp3) is 0.171. The van der Waals surface area contributed by atoms with Gasteiger partial charge in [-0.1, -0.05) is 99.1 Å². The van der Waals surface area contributed by atoms with Crippen LogP contribution in [0.25, 0.3) is 67.1 Å². The van der Waals surface area contributed by atoms with Gasteiger partial charge in [0, 0.05) is 51.1 Å². The summed E-state index contributed by atoms with van der Waals surface area (Å²) in [5.74, 6) is 2.01. The molecular formula is C41H36N6. The van der Waals surface area contributed by atoms with Crippen molar-refractivity contribution in [3.05, 3.63) is 133 Å². The lowest BCUT2D eigenvalue weighted by atomic mass is 9.95. The second kappa shape index (κ2) is 12.3. The summed E-state index contributed by atoms with van der Waals surface area (Å²) >= 11 is 0. The van der Waals surface area contributed by atoms with Crippen LogP contribution in [0.1, 0.15) is 44.4 Å². The number of nitrogens with zero attached hydrogens (tertiary/aromatic N) is 6. The summed E-state index contributed by atoms with van der Waals surface area (Å²) in [6.07, 6.45) is 9.47. The van der Waals surface area contributed by atoms with Gasteiger partial charge in [-0.25, -0.2) is 4.98 Å². The predicted octanol–water partition coefficient (Wildman–Crippen LogP) is 9.94. The Bertz CT molecular complexity index is 2280. The minimum absolute atomic E-state index is 0.662. The van der Waals surface area contributed by atoms with Gasteiger partial charge in [0.1, 0.15) is 0 Å². The number of pyridine rings is 1. The second-order valence-corrected chi connectivity index (χ2v) is 12.1. The topological polar surface area (TPSA) is 61.4 Å². The fourth-order valence-corrected chi connectivity index (χ4v) is 6.88. The van der Waals surface area contributed by atoms with Crippen LogP contribution in [0.2, 0.25) is 0 Å². The third kappa shape index (κ3) is 5.06. The van der Waals surface area contributed by atoms with Gasteiger partial charge >= 0.3 is 0 Å². The standard InChI is InChI=1S/C38H28N6.C3H8/c1-4-12-25(13-5-1)36-40-37(26-14-6-2-7-15-26)42-38(41-36)44-32-19-11-10-18-28(32)29-22-34-30(23-35(29)44)31-24-39-21-20-33(31)43(34)27-16-8-3-9-17-27;1-3-2/h1-9,12-17,20-24H,10-11,18-19H2;3H2,1-2H3. The van der Waals surface area contributed by atoms with Crippen molar-refractivity contribution in [1.29, 1.82) is 0 Å². The Labute approximate surface area is 274 Å². The van der Waals surface area contributed by atoms with E-state index in [1.807, 2.05) is 48.8 Å². The highest BCUT2D eigenvalue weighted by molar-refractivity contribution is 6.13. The minimum atomic E-state index is 0.662. The lowest BCUT2D eigenvalue weighted by molar-refractivity contribution is 0.661. The first kappa shape index (κ1) is 28.8. The first-order valence-electron chi connectivity index (χ1n) is 16.6. The van der Waals surface area contributed by atoms with E-state index in [0.29, 0.717) is 17.6 Å². The van der Waals surface area contributed by atoms with Gasteiger partial charge in [-0.3, -0.25) is 9.55 Å². The van der Waals surface area contributed by atoms with Gasteiger partial charge in [0.25, 0.3) is 0 Å². The molecule has 0 atom stereocenters. The molecule has 1 aliphatic carbocycles. The molecule has 0 unspecified atom stereocenters. The molecule has 0 saturated carbocycles. The molecule has 4 aromatic heterocycles. The van der Waals surface area contributed by atoms with Crippen molar-refractivity contribution in [3.63, 3.8) is 0 Å². The molecule has 0 aliphatic heterocycles. The molecule has 6 nitrogen and oxygen atoms in total. The SMILES string of the molecule is CCC.c1ccc(-c2nc(-c3ccccc3)nc(-n3c4c(c5cc6c(cc53)c3cnccc3n6-c3ccccc3)CCCC4)n2)cc1. The van der Waals surface area contributed by atoms with E-state index in [4.69, 9.17) is 15.0 Å². The van der Waals surface area contributed by atoms with E-state index in [1.165, 1.54) is 40.4 Å². The number of fused-ring (bicyclic) bond motifs is 6. The van der Waals surface area contributed by atoms with Crippen LogP contribution < -0.4 is 0 Å². The van der Waals surface area contributed by atoms with Gasteiger partial charge in [0.15, 0.2) is 11.6 Å². The number of aryl methyl sites for hydroxylation is 1. The molecule has 1 aliphatic rings. The van der Waals surface area contributed by atoms with Crippen LogP contribution in [0.5, 0.6) is 0 Å². The van der Waals surface area contributed by atoms with E-state index in [0.717, 1.165) is 52.5 Å². The van der Waals surface area contributed by atoms with Gasteiger partial charge in [-0.15, -0.1) is 0 Å². The smallest absolute Gasteiger partial charge is 0.238 e. The van der Waals surface area contributed by atoms with Gasteiger partial charge in [-0.05, 0) is 61.6 Å². The molecule has 0 bridgehead atoms. The Morgan fingerprint density at radius 3 is 1.81 bits per heavy atom. The molecule has 4 aromatic carbocycles. The van der Waals surface area contributed by atoms with E-state index in [9.17, 15) is 0 Å². The van der Waals surface area contributed by atoms with Crippen LogP contribution in [0, 0.1) is 0 Å². The van der Waals surface area contributed by atoms with Crippen LogP contribution in [0.3, 0.4) is 0 Å². The van der Waals surface area contributed by atoms with Crippen LogP contribution in [-0.4, -0.2) is 29.1 Å². The van der Waals surface area contributed by atoms with Crippen molar-refractivity contribution in [2.24, 2.45) is 0 Å². The van der Waals surface area contributed by atoms with E-state index in [-0.39, 0.29) is 0 Å². The molecule has 0 fully saturated rings. The predicted molar refractivity (Wildman–Crippen MR) is 192 cm³/mol. The van der Waals surface area contributed by atoms with Crippen molar-refractivity contribution in [2.75, 3.05) is 0 Å². The van der Waals surface area contributed by atoms with E-state index in [1.54, 1.807) is 0 Å². The lowest BCUT2D eigenvalue weighted by Crippen LogP contribution is -2.11. The van der Waals surface area contributed by atoms with E-state index < -0.39 is 0 Å². The Balaban J connectivity index is 0.00000104. The molecule has 0 saturated heterocycles. The van der Waals surface area contributed by atoms with Crippen molar-refractivity contribution in [1.82, 2.24) is 29.1 Å². The number of benzene rings is 4. The first-order valence-corrected chi connectivity index (χ1v) is 16.6. The average Bonchev–Trinajstić information content (AvgIpc) is 3.64. The molecule has 47 heavy (non-hydrogen) atoms. The maximum absolute atomic E-state index is 5.15. The Hall–Kier alpha value is -5.62. The van der Waals surface area contributed by atoms with Gasteiger partial charge in [0.05, 0.1) is 16.6 Å². The monoisotopic (exact) mass is 612 g/mol. The van der Waals surface area contributed by atoms with Gasteiger partial charge in [0.2, 0.25) is 5.95 Å². The maximum atomic E-state index is 5.15. The molecule has 0 radical (unpaired) electrons. The van der Waals surface area contributed by atoms with Gasteiger partial charge in [-0.2, -0.15) is 9.97 Å². The zero-order valence-corrected chi connectivity index (χ0v) is 26.8.